The van der Waals surface area contributed by atoms with Gasteiger partial charge in [0.05, 0.1) is 5.75 Å². The van der Waals surface area contributed by atoms with Crippen LogP contribution in [0.4, 0.5) is 0 Å². The molecule has 0 aliphatic heterocycles. The minimum Gasteiger partial charge on any atom is -0.349 e. The largest absolute Gasteiger partial charge is 0.349 e. The highest BCUT2D eigenvalue weighted by molar-refractivity contribution is 7.88. The molecule has 2 unspecified atom stereocenters. The Morgan fingerprint density at radius 2 is 1.82 bits per heavy atom. The third kappa shape index (κ3) is 4.79. The first kappa shape index (κ1) is 16.9. The molecule has 1 aromatic carbocycles. The highest BCUT2D eigenvalue weighted by Crippen LogP contribution is 2.23. The standard InChI is InChI=1S/C15H23N3O3S/c16-9-13-3-1-2-4-14(13)18-15(19)12-7-5-11(6-8-12)10-22(17,20)21/h5-8,13-14H,1-4,9-10,16H2,(H,18,19)(H2,17,20,21). The molecule has 0 spiro atoms. The number of benzene rings is 1. The van der Waals surface area contributed by atoms with E-state index in [1.54, 1.807) is 24.3 Å². The van der Waals surface area contributed by atoms with E-state index in [1.807, 2.05) is 0 Å². The van der Waals surface area contributed by atoms with Crippen LogP contribution in [0.2, 0.25) is 0 Å². The van der Waals surface area contributed by atoms with Crippen LogP contribution in [0.1, 0.15) is 41.6 Å². The molecule has 0 saturated heterocycles. The van der Waals surface area contributed by atoms with E-state index in [2.05, 4.69) is 5.32 Å². The third-order valence-corrected chi connectivity index (χ3v) is 4.85. The Labute approximate surface area is 131 Å². The van der Waals surface area contributed by atoms with E-state index in [1.165, 1.54) is 0 Å². The van der Waals surface area contributed by atoms with E-state index in [0.717, 1.165) is 25.7 Å². The number of nitrogens with one attached hydrogen (secondary N) is 1. The van der Waals surface area contributed by atoms with Gasteiger partial charge in [0.1, 0.15) is 0 Å². The second-order valence-electron chi connectivity index (χ2n) is 5.86. The van der Waals surface area contributed by atoms with Crippen LogP contribution < -0.4 is 16.2 Å². The van der Waals surface area contributed by atoms with Crippen molar-refractivity contribution in [3.05, 3.63) is 35.4 Å². The molecule has 2 rings (SSSR count). The minimum absolute atomic E-state index is 0.121. The average molecular weight is 325 g/mol. The van der Waals surface area contributed by atoms with Gasteiger partial charge in [-0.25, -0.2) is 13.6 Å². The van der Waals surface area contributed by atoms with Gasteiger partial charge in [-0.1, -0.05) is 25.0 Å². The molecular weight excluding hydrogens is 302 g/mol. The zero-order chi connectivity index (χ0) is 16.2. The van der Waals surface area contributed by atoms with Crippen LogP contribution in [-0.2, 0) is 15.8 Å². The predicted molar refractivity (Wildman–Crippen MR) is 85.5 cm³/mol. The smallest absolute Gasteiger partial charge is 0.251 e. The first-order chi connectivity index (χ1) is 10.4. The van der Waals surface area contributed by atoms with Crippen LogP contribution in [0.5, 0.6) is 0 Å². The van der Waals surface area contributed by atoms with Crippen LogP contribution in [0.3, 0.4) is 0 Å². The Balaban J connectivity index is 2.00. The third-order valence-electron chi connectivity index (χ3n) is 4.11. The van der Waals surface area contributed by atoms with Crippen molar-refractivity contribution in [1.29, 1.82) is 0 Å². The zero-order valence-corrected chi connectivity index (χ0v) is 13.3. The summed E-state index contributed by atoms with van der Waals surface area (Å²) in [5.41, 5.74) is 6.85. The molecule has 0 bridgehead atoms. The first-order valence-corrected chi connectivity index (χ1v) is 9.21. The molecule has 0 heterocycles. The molecule has 7 heteroatoms. The maximum Gasteiger partial charge on any atom is 0.251 e. The summed E-state index contributed by atoms with van der Waals surface area (Å²) in [5, 5.41) is 8.04. The molecule has 2 atom stereocenters. The van der Waals surface area contributed by atoms with Gasteiger partial charge in [-0.2, -0.15) is 0 Å². The van der Waals surface area contributed by atoms with Crippen LogP contribution >= 0.6 is 0 Å². The zero-order valence-electron chi connectivity index (χ0n) is 12.5. The highest BCUT2D eigenvalue weighted by atomic mass is 32.2. The van der Waals surface area contributed by atoms with Gasteiger partial charge in [0.15, 0.2) is 0 Å². The van der Waals surface area contributed by atoms with Gasteiger partial charge in [0.25, 0.3) is 5.91 Å². The molecule has 1 aliphatic carbocycles. The van der Waals surface area contributed by atoms with Crippen molar-refractivity contribution < 1.29 is 13.2 Å². The summed E-state index contributed by atoms with van der Waals surface area (Å²) in [7, 11) is -3.56. The molecule has 1 saturated carbocycles. The van der Waals surface area contributed by atoms with Crippen LogP contribution in [0, 0.1) is 5.92 Å². The molecule has 1 amide bonds. The van der Waals surface area contributed by atoms with E-state index in [4.69, 9.17) is 10.9 Å². The van der Waals surface area contributed by atoms with Crippen molar-refractivity contribution in [2.24, 2.45) is 16.8 Å². The van der Waals surface area contributed by atoms with E-state index in [0.29, 0.717) is 23.6 Å². The first-order valence-electron chi connectivity index (χ1n) is 7.49. The van der Waals surface area contributed by atoms with Crippen molar-refractivity contribution in [3.63, 3.8) is 0 Å². The molecule has 0 radical (unpaired) electrons. The minimum atomic E-state index is -3.56. The average Bonchev–Trinajstić information content (AvgIpc) is 2.47. The lowest BCUT2D eigenvalue weighted by atomic mass is 9.84. The lowest BCUT2D eigenvalue weighted by Gasteiger charge is -2.31. The van der Waals surface area contributed by atoms with Crippen LogP contribution in [0.25, 0.3) is 0 Å². The molecule has 1 fully saturated rings. The van der Waals surface area contributed by atoms with Crippen LogP contribution in [-0.4, -0.2) is 26.9 Å². The molecule has 5 N–H and O–H groups in total. The molecule has 1 aliphatic rings. The molecule has 122 valence electrons. The topological polar surface area (TPSA) is 115 Å². The van der Waals surface area contributed by atoms with Gasteiger partial charge < -0.3 is 11.1 Å². The van der Waals surface area contributed by atoms with E-state index in [9.17, 15) is 13.2 Å². The highest BCUT2D eigenvalue weighted by Gasteiger charge is 2.25. The van der Waals surface area contributed by atoms with Crippen molar-refractivity contribution in [3.8, 4) is 0 Å². The summed E-state index contributed by atoms with van der Waals surface area (Å²) < 4.78 is 22.1. The Bertz CT molecular complexity index is 613. The molecule has 1 aromatic rings. The number of amides is 1. The Morgan fingerprint density at radius 1 is 1.18 bits per heavy atom. The summed E-state index contributed by atoms with van der Waals surface area (Å²) in [4.78, 5) is 12.3. The fourth-order valence-corrected chi connectivity index (χ4v) is 3.57. The Kier molecular flexibility index (Phi) is 5.55. The maximum atomic E-state index is 12.3. The molecule has 6 nitrogen and oxygen atoms in total. The molecule has 0 aromatic heterocycles. The van der Waals surface area contributed by atoms with Gasteiger partial charge in [0, 0.05) is 11.6 Å². The fraction of sp³-hybridized carbons (Fsp3) is 0.533. The summed E-state index contributed by atoms with van der Waals surface area (Å²) in [5.74, 6) is -0.0425. The Morgan fingerprint density at radius 3 is 2.41 bits per heavy atom. The second-order valence-corrected chi connectivity index (χ2v) is 7.48. The van der Waals surface area contributed by atoms with Gasteiger partial charge in [0.2, 0.25) is 10.0 Å². The fourth-order valence-electron chi connectivity index (χ4n) is 2.92. The number of hydrogen-bond donors (Lipinski definition) is 3. The SMILES string of the molecule is NCC1CCCCC1NC(=O)c1ccc(CS(N)(=O)=O)cc1. The quantitative estimate of drug-likeness (QED) is 0.740. The number of rotatable bonds is 5. The van der Waals surface area contributed by atoms with Gasteiger partial charge in [-0.05, 0) is 43.0 Å². The number of carbonyl (C=O) groups excluding carboxylic acids is 1. The summed E-state index contributed by atoms with van der Waals surface area (Å²) >= 11 is 0. The van der Waals surface area contributed by atoms with Crippen molar-refractivity contribution in [2.75, 3.05) is 6.54 Å². The normalized spacial score (nSPS) is 22.3. The van der Waals surface area contributed by atoms with Gasteiger partial charge in [-0.3, -0.25) is 4.79 Å². The lowest BCUT2D eigenvalue weighted by molar-refractivity contribution is 0.0908. The van der Waals surface area contributed by atoms with Crippen molar-refractivity contribution in [2.45, 2.75) is 37.5 Å². The van der Waals surface area contributed by atoms with Crippen LogP contribution in [0.15, 0.2) is 24.3 Å². The number of primary sulfonamides is 1. The predicted octanol–water partition coefficient (Wildman–Crippen LogP) is 0.722. The van der Waals surface area contributed by atoms with Gasteiger partial charge >= 0.3 is 0 Å². The number of sulfonamides is 1. The molecule has 22 heavy (non-hydrogen) atoms. The summed E-state index contributed by atoms with van der Waals surface area (Å²) in [6, 6.07) is 6.59. The molecular formula is C15H23N3O3S. The van der Waals surface area contributed by atoms with E-state index < -0.39 is 10.0 Å². The summed E-state index contributed by atoms with van der Waals surface area (Å²) in [6.45, 7) is 0.582. The van der Waals surface area contributed by atoms with Gasteiger partial charge in [-0.15, -0.1) is 0 Å². The summed E-state index contributed by atoms with van der Waals surface area (Å²) in [6.07, 6.45) is 4.27. The number of carbonyl (C=O) groups is 1. The number of hydrogen-bond acceptors (Lipinski definition) is 4. The maximum absolute atomic E-state index is 12.3. The monoisotopic (exact) mass is 325 g/mol. The van der Waals surface area contributed by atoms with Crippen molar-refractivity contribution >= 4 is 15.9 Å². The second kappa shape index (κ2) is 7.21. The number of nitrogens with two attached hydrogens (primary N) is 2. The van der Waals surface area contributed by atoms with E-state index in [-0.39, 0.29) is 17.7 Å². The Hall–Kier alpha value is -1.44. The van der Waals surface area contributed by atoms with E-state index >= 15 is 0 Å². The van der Waals surface area contributed by atoms with Crippen molar-refractivity contribution in [1.82, 2.24) is 5.32 Å². The lowest BCUT2D eigenvalue weighted by Crippen LogP contribution is -2.44.